The normalized spacial score (nSPS) is 12.9. The largest absolute Gasteiger partial charge is 0.345 e. The Kier molecular flexibility index (Phi) is 7.80. The first-order valence-electron chi connectivity index (χ1n) is 9.81. The van der Waals surface area contributed by atoms with Crippen molar-refractivity contribution in [1.82, 2.24) is 15.1 Å². The van der Waals surface area contributed by atoms with Crippen LogP contribution in [0.15, 0.2) is 36.4 Å². The monoisotopic (exact) mass is 405 g/mol. The SMILES string of the molecule is CC(C)S(=O)(=O)C(C)C(=O)N(C)CCCCCc1cc(-c2ccccc2)n[nH]1. The minimum atomic E-state index is -3.42. The van der Waals surface area contributed by atoms with Crippen LogP contribution >= 0.6 is 0 Å². The fraction of sp³-hybridized carbons (Fsp3) is 0.524. The van der Waals surface area contributed by atoms with Crippen molar-refractivity contribution >= 4 is 15.7 Å². The van der Waals surface area contributed by atoms with E-state index in [1.807, 2.05) is 30.3 Å². The van der Waals surface area contributed by atoms with E-state index in [1.54, 1.807) is 20.9 Å². The summed E-state index contributed by atoms with van der Waals surface area (Å²) < 4.78 is 24.3. The first-order chi connectivity index (χ1) is 13.2. The summed E-state index contributed by atoms with van der Waals surface area (Å²) in [6.45, 7) is 5.27. The van der Waals surface area contributed by atoms with Crippen molar-refractivity contribution < 1.29 is 13.2 Å². The molecule has 0 saturated carbocycles. The molecule has 0 spiro atoms. The average Bonchev–Trinajstić information content (AvgIpc) is 3.15. The van der Waals surface area contributed by atoms with E-state index in [2.05, 4.69) is 16.3 Å². The molecule has 1 heterocycles. The third-order valence-electron chi connectivity index (χ3n) is 5.01. The van der Waals surface area contributed by atoms with Crippen LogP contribution in [0.4, 0.5) is 0 Å². The maximum Gasteiger partial charge on any atom is 0.240 e. The van der Waals surface area contributed by atoms with Crippen LogP contribution in [-0.2, 0) is 21.1 Å². The lowest BCUT2D eigenvalue weighted by Crippen LogP contribution is -2.42. The number of aryl methyl sites for hydroxylation is 1. The van der Waals surface area contributed by atoms with E-state index in [-0.39, 0.29) is 5.91 Å². The number of aromatic amines is 1. The van der Waals surface area contributed by atoms with Gasteiger partial charge < -0.3 is 4.90 Å². The summed E-state index contributed by atoms with van der Waals surface area (Å²) in [6, 6.07) is 12.1. The Morgan fingerprint density at radius 3 is 2.43 bits per heavy atom. The van der Waals surface area contributed by atoms with Gasteiger partial charge in [0, 0.05) is 24.8 Å². The molecule has 2 rings (SSSR count). The van der Waals surface area contributed by atoms with Gasteiger partial charge in [0.15, 0.2) is 9.84 Å². The summed E-state index contributed by atoms with van der Waals surface area (Å²) in [6.07, 6.45) is 3.69. The Morgan fingerprint density at radius 2 is 1.79 bits per heavy atom. The summed E-state index contributed by atoms with van der Waals surface area (Å²) in [5, 5.41) is 5.91. The number of H-pyrrole nitrogens is 1. The zero-order chi connectivity index (χ0) is 20.7. The predicted molar refractivity (Wildman–Crippen MR) is 113 cm³/mol. The van der Waals surface area contributed by atoms with Crippen LogP contribution < -0.4 is 0 Å². The lowest BCUT2D eigenvalue weighted by atomic mass is 10.1. The van der Waals surface area contributed by atoms with Crippen LogP contribution in [0.1, 0.15) is 45.7 Å². The minimum Gasteiger partial charge on any atom is -0.345 e. The number of aromatic nitrogens is 2. The van der Waals surface area contributed by atoms with Crippen molar-refractivity contribution in [1.29, 1.82) is 0 Å². The molecule has 0 radical (unpaired) electrons. The van der Waals surface area contributed by atoms with Crippen LogP contribution in [0.2, 0.25) is 0 Å². The van der Waals surface area contributed by atoms with E-state index < -0.39 is 20.3 Å². The van der Waals surface area contributed by atoms with Gasteiger partial charge >= 0.3 is 0 Å². The Morgan fingerprint density at radius 1 is 1.11 bits per heavy atom. The summed E-state index contributed by atoms with van der Waals surface area (Å²) in [4.78, 5) is 13.9. The molecule has 2 aromatic rings. The second kappa shape index (κ2) is 9.87. The molecule has 6 nitrogen and oxygen atoms in total. The molecule has 1 aromatic carbocycles. The zero-order valence-corrected chi connectivity index (χ0v) is 18.0. The van der Waals surface area contributed by atoms with Crippen LogP contribution in [0.3, 0.4) is 0 Å². The molecule has 0 fully saturated rings. The molecule has 154 valence electrons. The topological polar surface area (TPSA) is 83.1 Å². The van der Waals surface area contributed by atoms with Gasteiger partial charge in [-0.2, -0.15) is 5.10 Å². The van der Waals surface area contributed by atoms with Crippen molar-refractivity contribution in [3.8, 4) is 11.3 Å². The number of carbonyl (C=O) groups is 1. The van der Waals surface area contributed by atoms with Gasteiger partial charge in [-0.3, -0.25) is 9.89 Å². The molecule has 0 aliphatic heterocycles. The number of unbranched alkanes of at least 4 members (excludes halogenated alkanes) is 2. The Bertz CT molecular complexity index is 860. The third kappa shape index (κ3) is 5.67. The highest BCUT2D eigenvalue weighted by molar-refractivity contribution is 7.93. The number of benzene rings is 1. The summed E-state index contributed by atoms with van der Waals surface area (Å²) in [5.74, 6) is -0.324. The van der Waals surface area contributed by atoms with E-state index in [4.69, 9.17) is 0 Å². The van der Waals surface area contributed by atoms with Gasteiger partial charge in [-0.05, 0) is 46.1 Å². The standard InChI is InChI=1S/C21H31N3O3S/c1-16(2)28(26,27)17(3)21(25)24(4)14-10-6-9-13-19-15-20(23-22-19)18-11-7-5-8-12-18/h5,7-8,11-12,15-17H,6,9-10,13-14H2,1-4H3,(H,22,23). The molecule has 1 atom stereocenters. The number of nitrogens with zero attached hydrogens (tertiary/aromatic N) is 2. The van der Waals surface area contributed by atoms with Gasteiger partial charge in [0.05, 0.1) is 10.9 Å². The highest BCUT2D eigenvalue weighted by Gasteiger charge is 2.32. The maximum absolute atomic E-state index is 12.4. The quantitative estimate of drug-likeness (QED) is 0.614. The van der Waals surface area contributed by atoms with E-state index in [9.17, 15) is 13.2 Å². The van der Waals surface area contributed by atoms with Crippen LogP contribution in [0, 0.1) is 0 Å². The van der Waals surface area contributed by atoms with Crippen LogP contribution in [0.5, 0.6) is 0 Å². The Hall–Kier alpha value is -2.15. The smallest absolute Gasteiger partial charge is 0.240 e. The number of rotatable bonds is 10. The van der Waals surface area contributed by atoms with Gasteiger partial charge in [-0.1, -0.05) is 36.8 Å². The molecule has 7 heteroatoms. The first-order valence-corrected chi connectivity index (χ1v) is 11.4. The van der Waals surface area contributed by atoms with Crippen LogP contribution in [-0.4, -0.2) is 53.5 Å². The fourth-order valence-corrected chi connectivity index (χ4v) is 4.33. The number of hydrogen-bond donors (Lipinski definition) is 1. The summed E-state index contributed by atoms with van der Waals surface area (Å²) in [7, 11) is -1.74. The van der Waals surface area contributed by atoms with Crippen molar-refractivity contribution in [2.75, 3.05) is 13.6 Å². The maximum atomic E-state index is 12.4. The van der Waals surface area contributed by atoms with Gasteiger partial charge in [0.2, 0.25) is 5.91 Å². The number of carbonyl (C=O) groups excluding carboxylic acids is 1. The van der Waals surface area contributed by atoms with E-state index in [0.29, 0.717) is 6.54 Å². The van der Waals surface area contributed by atoms with Crippen molar-refractivity contribution in [3.05, 3.63) is 42.1 Å². The molecule has 0 aliphatic rings. The number of hydrogen-bond acceptors (Lipinski definition) is 4. The van der Waals surface area contributed by atoms with Gasteiger partial charge in [0.25, 0.3) is 0 Å². The molecule has 1 amide bonds. The molecule has 1 unspecified atom stereocenters. The number of sulfone groups is 1. The molecule has 0 saturated heterocycles. The molecular weight excluding hydrogens is 374 g/mol. The predicted octanol–water partition coefficient (Wildman–Crippen LogP) is 3.46. The minimum absolute atomic E-state index is 0.324. The Labute approximate surface area is 168 Å². The molecular formula is C21H31N3O3S. The molecule has 0 aliphatic carbocycles. The van der Waals surface area contributed by atoms with E-state index >= 15 is 0 Å². The second-order valence-corrected chi connectivity index (χ2v) is 10.3. The lowest BCUT2D eigenvalue weighted by molar-refractivity contribution is -0.129. The van der Waals surface area contributed by atoms with Crippen molar-refractivity contribution in [2.45, 2.75) is 57.0 Å². The van der Waals surface area contributed by atoms with Gasteiger partial charge in [-0.15, -0.1) is 0 Å². The summed E-state index contributed by atoms with van der Waals surface area (Å²) in [5.41, 5.74) is 3.14. The fourth-order valence-electron chi connectivity index (χ4n) is 3.06. The zero-order valence-electron chi connectivity index (χ0n) is 17.2. The van der Waals surface area contributed by atoms with Gasteiger partial charge in [0.1, 0.15) is 5.25 Å². The van der Waals surface area contributed by atoms with E-state index in [0.717, 1.165) is 42.6 Å². The molecule has 28 heavy (non-hydrogen) atoms. The highest BCUT2D eigenvalue weighted by Crippen LogP contribution is 2.18. The van der Waals surface area contributed by atoms with Crippen LogP contribution in [0.25, 0.3) is 11.3 Å². The number of amides is 1. The molecule has 1 aromatic heterocycles. The lowest BCUT2D eigenvalue weighted by Gasteiger charge is -2.22. The van der Waals surface area contributed by atoms with Gasteiger partial charge in [-0.25, -0.2) is 8.42 Å². The third-order valence-corrected chi connectivity index (χ3v) is 7.52. The Balaban J connectivity index is 1.73. The molecule has 1 N–H and O–H groups in total. The second-order valence-electron chi connectivity index (χ2n) is 7.49. The summed E-state index contributed by atoms with van der Waals surface area (Å²) >= 11 is 0. The first kappa shape index (κ1) is 22.1. The highest BCUT2D eigenvalue weighted by atomic mass is 32.2. The molecule has 0 bridgehead atoms. The number of nitrogens with one attached hydrogen (secondary N) is 1. The average molecular weight is 406 g/mol. The van der Waals surface area contributed by atoms with Crippen molar-refractivity contribution in [3.63, 3.8) is 0 Å². The van der Waals surface area contributed by atoms with E-state index in [1.165, 1.54) is 11.8 Å². The van der Waals surface area contributed by atoms with Crippen molar-refractivity contribution in [2.24, 2.45) is 0 Å².